The van der Waals surface area contributed by atoms with E-state index in [1.165, 1.54) is 12.1 Å². The summed E-state index contributed by atoms with van der Waals surface area (Å²) in [6, 6.07) is 17.3. The molecule has 7 heteroatoms. The summed E-state index contributed by atoms with van der Waals surface area (Å²) in [5.41, 5.74) is 4.64. The van der Waals surface area contributed by atoms with Gasteiger partial charge in [0.25, 0.3) is 5.69 Å². The third-order valence-electron chi connectivity index (χ3n) is 3.45. The van der Waals surface area contributed by atoms with E-state index in [-0.39, 0.29) is 5.69 Å². The van der Waals surface area contributed by atoms with E-state index in [4.69, 9.17) is 16.0 Å². The average molecular weight is 356 g/mol. The van der Waals surface area contributed by atoms with Crippen LogP contribution in [-0.2, 0) is 6.54 Å². The highest BCUT2D eigenvalue weighted by Gasteiger charge is 2.09. The van der Waals surface area contributed by atoms with E-state index in [9.17, 15) is 10.1 Å². The quantitative estimate of drug-likeness (QED) is 0.397. The van der Waals surface area contributed by atoms with Crippen molar-refractivity contribution < 1.29 is 9.34 Å². The van der Waals surface area contributed by atoms with Crippen molar-refractivity contribution in [1.82, 2.24) is 5.43 Å². The largest absolute Gasteiger partial charge is 0.455 e. The second kappa shape index (κ2) is 7.63. The van der Waals surface area contributed by atoms with E-state index < -0.39 is 4.92 Å². The van der Waals surface area contributed by atoms with Gasteiger partial charge in [-0.2, -0.15) is 5.10 Å². The van der Waals surface area contributed by atoms with E-state index >= 15 is 0 Å². The summed E-state index contributed by atoms with van der Waals surface area (Å²) in [4.78, 5) is 10.4. The van der Waals surface area contributed by atoms with Crippen LogP contribution in [0.1, 0.15) is 11.3 Å². The van der Waals surface area contributed by atoms with Crippen LogP contribution in [0.25, 0.3) is 11.3 Å². The van der Waals surface area contributed by atoms with E-state index in [0.717, 1.165) is 5.56 Å². The number of rotatable bonds is 6. The lowest BCUT2D eigenvalue weighted by molar-refractivity contribution is -0.384. The van der Waals surface area contributed by atoms with Gasteiger partial charge >= 0.3 is 0 Å². The highest BCUT2D eigenvalue weighted by molar-refractivity contribution is 6.30. The van der Waals surface area contributed by atoms with Gasteiger partial charge in [-0.25, -0.2) is 0 Å². The molecular formula is C18H14ClN3O3. The standard InChI is InChI=1S/C18H14ClN3O3/c19-15-6-4-13(5-7-15)11-20-21-12-17-8-9-18(25-17)14-2-1-3-16(10-14)22(23)24/h1-10,12,20H,11H2/b21-12-. The molecule has 1 heterocycles. The Hall–Kier alpha value is -3.12. The van der Waals surface area contributed by atoms with E-state index in [2.05, 4.69) is 10.5 Å². The van der Waals surface area contributed by atoms with E-state index in [1.807, 2.05) is 24.3 Å². The molecule has 0 atom stereocenters. The van der Waals surface area contributed by atoms with Crippen LogP contribution in [0, 0.1) is 10.1 Å². The van der Waals surface area contributed by atoms with E-state index in [0.29, 0.717) is 28.7 Å². The Morgan fingerprint density at radius 1 is 1.16 bits per heavy atom. The molecule has 1 N–H and O–H groups in total. The normalized spacial score (nSPS) is 10.9. The minimum atomic E-state index is -0.435. The van der Waals surface area contributed by atoms with Crippen LogP contribution in [0.3, 0.4) is 0 Å². The number of nitro benzene ring substituents is 1. The van der Waals surface area contributed by atoms with Crippen molar-refractivity contribution in [2.24, 2.45) is 5.10 Å². The first-order valence-corrected chi connectivity index (χ1v) is 7.84. The molecule has 0 radical (unpaired) electrons. The van der Waals surface area contributed by atoms with Gasteiger partial charge < -0.3 is 9.84 Å². The Labute approximate surface area is 148 Å². The number of hydrogen-bond donors (Lipinski definition) is 1. The molecule has 0 fully saturated rings. The zero-order valence-corrected chi connectivity index (χ0v) is 13.8. The molecule has 25 heavy (non-hydrogen) atoms. The van der Waals surface area contributed by atoms with Crippen LogP contribution in [0.2, 0.25) is 5.02 Å². The van der Waals surface area contributed by atoms with Gasteiger partial charge in [0.2, 0.25) is 0 Å². The third kappa shape index (κ3) is 4.45. The second-order valence-corrected chi connectivity index (χ2v) is 5.67. The molecule has 0 amide bonds. The van der Waals surface area contributed by atoms with Crippen molar-refractivity contribution in [2.45, 2.75) is 6.54 Å². The van der Waals surface area contributed by atoms with Gasteiger partial charge in [-0.05, 0) is 29.8 Å². The van der Waals surface area contributed by atoms with Crippen LogP contribution in [0.15, 0.2) is 70.2 Å². The van der Waals surface area contributed by atoms with Gasteiger partial charge in [0.05, 0.1) is 17.7 Å². The molecule has 1 aromatic heterocycles. The molecule has 0 aliphatic rings. The van der Waals surface area contributed by atoms with Gasteiger partial charge in [-0.15, -0.1) is 0 Å². The zero-order chi connectivity index (χ0) is 17.6. The fourth-order valence-electron chi connectivity index (χ4n) is 2.20. The fraction of sp³-hybridized carbons (Fsp3) is 0.0556. The maximum atomic E-state index is 10.8. The summed E-state index contributed by atoms with van der Waals surface area (Å²) in [6.45, 7) is 0.562. The summed E-state index contributed by atoms with van der Waals surface area (Å²) >= 11 is 5.83. The molecule has 0 unspecified atom stereocenters. The number of non-ortho nitro benzene ring substituents is 1. The third-order valence-corrected chi connectivity index (χ3v) is 3.70. The van der Waals surface area contributed by atoms with Crippen molar-refractivity contribution in [3.05, 3.63) is 87.1 Å². The molecule has 2 aromatic carbocycles. The van der Waals surface area contributed by atoms with Crippen LogP contribution in [0.4, 0.5) is 5.69 Å². The number of hydrogen-bond acceptors (Lipinski definition) is 5. The Balaban J connectivity index is 1.62. The number of nitrogens with zero attached hydrogens (tertiary/aromatic N) is 2. The topological polar surface area (TPSA) is 80.7 Å². The van der Waals surface area contributed by atoms with Crippen molar-refractivity contribution in [2.75, 3.05) is 0 Å². The first-order valence-electron chi connectivity index (χ1n) is 7.47. The predicted octanol–water partition coefficient (Wildman–Crippen LogP) is 4.63. The number of halogens is 1. The lowest BCUT2D eigenvalue weighted by atomic mass is 10.1. The summed E-state index contributed by atoms with van der Waals surface area (Å²) in [5, 5.41) is 15.6. The number of furan rings is 1. The molecule has 0 aliphatic carbocycles. The van der Waals surface area contributed by atoms with Crippen molar-refractivity contribution in [1.29, 1.82) is 0 Å². The van der Waals surface area contributed by atoms with Crippen molar-refractivity contribution >= 4 is 23.5 Å². The van der Waals surface area contributed by atoms with Crippen LogP contribution in [0.5, 0.6) is 0 Å². The summed E-state index contributed by atoms with van der Waals surface area (Å²) in [7, 11) is 0. The van der Waals surface area contributed by atoms with Gasteiger partial charge in [-0.3, -0.25) is 10.1 Å². The van der Waals surface area contributed by atoms with Crippen molar-refractivity contribution in [3.8, 4) is 11.3 Å². The molecule has 6 nitrogen and oxygen atoms in total. The molecule has 3 rings (SSSR count). The molecule has 0 bridgehead atoms. The lowest BCUT2D eigenvalue weighted by Gasteiger charge is -2.00. The SMILES string of the molecule is O=[N+]([O-])c1cccc(-c2ccc(/C=N\NCc3ccc(Cl)cc3)o2)c1. The molecule has 0 saturated carbocycles. The molecule has 0 saturated heterocycles. The van der Waals surface area contributed by atoms with Gasteiger partial charge in [-0.1, -0.05) is 35.9 Å². The number of benzene rings is 2. The monoisotopic (exact) mass is 355 g/mol. The lowest BCUT2D eigenvalue weighted by Crippen LogP contribution is -2.05. The van der Waals surface area contributed by atoms with Crippen LogP contribution >= 0.6 is 11.6 Å². The summed E-state index contributed by atoms with van der Waals surface area (Å²) in [6.07, 6.45) is 1.55. The maximum Gasteiger partial charge on any atom is 0.270 e. The first-order chi connectivity index (χ1) is 12.1. The second-order valence-electron chi connectivity index (χ2n) is 5.23. The highest BCUT2D eigenvalue weighted by atomic mass is 35.5. The van der Waals surface area contributed by atoms with Crippen LogP contribution < -0.4 is 5.43 Å². The Bertz CT molecular complexity index is 904. The molecule has 0 aliphatic heterocycles. The Morgan fingerprint density at radius 2 is 1.96 bits per heavy atom. The first kappa shape index (κ1) is 16.7. The van der Waals surface area contributed by atoms with Gasteiger partial charge in [0.15, 0.2) is 0 Å². The number of nitro groups is 1. The molecule has 3 aromatic rings. The highest BCUT2D eigenvalue weighted by Crippen LogP contribution is 2.25. The van der Waals surface area contributed by atoms with Gasteiger partial charge in [0, 0.05) is 22.7 Å². The average Bonchev–Trinajstić information content (AvgIpc) is 3.09. The molecule has 0 spiro atoms. The smallest absolute Gasteiger partial charge is 0.270 e. The minimum Gasteiger partial charge on any atom is -0.455 e. The Morgan fingerprint density at radius 3 is 2.72 bits per heavy atom. The van der Waals surface area contributed by atoms with Crippen molar-refractivity contribution in [3.63, 3.8) is 0 Å². The van der Waals surface area contributed by atoms with Crippen LogP contribution in [-0.4, -0.2) is 11.1 Å². The van der Waals surface area contributed by atoms with Gasteiger partial charge in [0.1, 0.15) is 11.5 Å². The zero-order valence-electron chi connectivity index (χ0n) is 13.1. The number of nitrogens with one attached hydrogen (secondary N) is 1. The maximum absolute atomic E-state index is 10.8. The van der Waals surface area contributed by atoms with E-state index in [1.54, 1.807) is 30.5 Å². The minimum absolute atomic E-state index is 0.0220. The predicted molar refractivity (Wildman–Crippen MR) is 96.7 cm³/mol. The Kier molecular flexibility index (Phi) is 5.11. The molecule has 126 valence electrons. The molecular weight excluding hydrogens is 342 g/mol. The number of hydrazone groups is 1. The fourth-order valence-corrected chi connectivity index (χ4v) is 2.32. The summed E-state index contributed by atoms with van der Waals surface area (Å²) in [5.74, 6) is 1.09. The summed E-state index contributed by atoms with van der Waals surface area (Å²) < 4.78 is 5.64.